The SMILES string of the molecule is O=C(O)CCCNS(=O)(=O)c1cccc2cccnc12. The average molecular weight is 294 g/mol. The number of fused-ring (bicyclic) bond motifs is 1. The summed E-state index contributed by atoms with van der Waals surface area (Å²) < 4.78 is 26.8. The first-order chi connectivity index (χ1) is 9.50. The highest BCUT2D eigenvalue weighted by atomic mass is 32.2. The molecule has 0 aliphatic rings. The van der Waals surface area contributed by atoms with E-state index in [1.165, 1.54) is 12.3 Å². The molecule has 0 saturated heterocycles. The molecule has 6 nitrogen and oxygen atoms in total. The van der Waals surface area contributed by atoms with E-state index in [9.17, 15) is 13.2 Å². The number of benzene rings is 1. The molecule has 106 valence electrons. The maximum absolute atomic E-state index is 12.2. The third-order valence-corrected chi connectivity index (χ3v) is 4.24. The predicted molar refractivity (Wildman–Crippen MR) is 73.8 cm³/mol. The second kappa shape index (κ2) is 5.98. The lowest BCUT2D eigenvalue weighted by Gasteiger charge is -2.08. The number of para-hydroxylation sites is 1. The molecular weight excluding hydrogens is 280 g/mol. The Hall–Kier alpha value is -1.99. The number of aromatic nitrogens is 1. The first-order valence-corrected chi connectivity index (χ1v) is 7.54. The van der Waals surface area contributed by atoms with E-state index < -0.39 is 16.0 Å². The van der Waals surface area contributed by atoms with Crippen molar-refractivity contribution >= 4 is 26.9 Å². The Balaban J connectivity index is 2.21. The van der Waals surface area contributed by atoms with E-state index in [1.807, 2.05) is 0 Å². The highest BCUT2D eigenvalue weighted by Gasteiger charge is 2.17. The fraction of sp³-hybridized carbons (Fsp3) is 0.231. The van der Waals surface area contributed by atoms with Crippen LogP contribution in [-0.4, -0.2) is 31.0 Å². The summed E-state index contributed by atoms with van der Waals surface area (Å²) >= 11 is 0. The Morgan fingerprint density at radius 3 is 2.75 bits per heavy atom. The second-order valence-corrected chi connectivity index (χ2v) is 5.96. The molecule has 0 unspecified atom stereocenters. The van der Waals surface area contributed by atoms with Crippen LogP contribution in [0.25, 0.3) is 10.9 Å². The van der Waals surface area contributed by atoms with Crippen molar-refractivity contribution in [3.8, 4) is 0 Å². The van der Waals surface area contributed by atoms with Crippen molar-refractivity contribution < 1.29 is 18.3 Å². The summed E-state index contributed by atoms with van der Waals surface area (Å²) in [5.41, 5.74) is 0.403. The van der Waals surface area contributed by atoms with Gasteiger partial charge in [0.25, 0.3) is 0 Å². The summed E-state index contributed by atoms with van der Waals surface area (Å²) in [6.07, 6.45) is 1.70. The summed E-state index contributed by atoms with van der Waals surface area (Å²) in [6, 6.07) is 8.43. The van der Waals surface area contributed by atoms with Crippen LogP contribution in [0.3, 0.4) is 0 Å². The fourth-order valence-corrected chi connectivity index (χ4v) is 3.07. The van der Waals surface area contributed by atoms with E-state index in [0.717, 1.165) is 5.39 Å². The van der Waals surface area contributed by atoms with Gasteiger partial charge < -0.3 is 5.11 Å². The number of hydrogen-bond donors (Lipinski definition) is 2. The number of nitrogens with zero attached hydrogens (tertiary/aromatic N) is 1. The minimum Gasteiger partial charge on any atom is -0.481 e. The van der Waals surface area contributed by atoms with Crippen LogP contribution in [-0.2, 0) is 14.8 Å². The van der Waals surface area contributed by atoms with Crippen LogP contribution in [0.15, 0.2) is 41.4 Å². The number of carboxylic acid groups (broad SMARTS) is 1. The molecule has 0 spiro atoms. The smallest absolute Gasteiger partial charge is 0.303 e. The summed E-state index contributed by atoms with van der Waals surface area (Å²) in [4.78, 5) is 14.6. The third-order valence-electron chi connectivity index (χ3n) is 2.74. The van der Waals surface area contributed by atoms with Crippen molar-refractivity contribution in [2.45, 2.75) is 17.7 Å². The third kappa shape index (κ3) is 3.31. The molecule has 20 heavy (non-hydrogen) atoms. The molecule has 0 aliphatic heterocycles. The van der Waals surface area contributed by atoms with Crippen LogP contribution < -0.4 is 4.72 Å². The van der Waals surface area contributed by atoms with Crippen molar-refractivity contribution in [1.29, 1.82) is 0 Å². The van der Waals surface area contributed by atoms with E-state index in [1.54, 1.807) is 24.3 Å². The molecule has 0 saturated carbocycles. The van der Waals surface area contributed by atoms with Gasteiger partial charge >= 0.3 is 5.97 Å². The van der Waals surface area contributed by atoms with E-state index in [0.29, 0.717) is 5.52 Å². The molecule has 1 heterocycles. The molecule has 2 aromatic rings. The zero-order valence-corrected chi connectivity index (χ0v) is 11.4. The monoisotopic (exact) mass is 294 g/mol. The minimum atomic E-state index is -3.69. The molecule has 1 aromatic heterocycles. The van der Waals surface area contributed by atoms with E-state index in [-0.39, 0.29) is 24.3 Å². The lowest BCUT2D eigenvalue weighted by atomic mass is 10.2. The molecule has 2 N–H and O–H groups in total. The van der Waals surface area contributed by atoms with Gasteiger partial charge in [-0.1, -0.05) is 18.2 Å². The van der Waals surface area contributed by atoms with Gasteiger partial charge in [0.15, 0.2) is 0 Å². The van der Waals surface area contributed by atoms with Crippen LogP contribution in [0.2, 0.25) is 0 Å². The quantitative estimate of drug-likeness (QED) is 0.785. The van der Waals surface area contributed by atoms with Crippen LogP contribution in [0, 0.1) is 0 Å². The van der Waals surface area contributed by atoms with Crippen LogP contribution in [0.5, 0.6) is 0 Å². The average Bonchev–Trinajstić information content (AvgIpc) is 2.43. The Kier molecular flexibility index (Phi) is 4.31. The molecule has 0 aliphatic carbocycles. The summed E-state index contributed by atoms with van der Waals surface area (Å²) in [6.45, 7) is 0.0812. The van der Waals surface area contributed by atoms with Crippen molar-refractivity contribution in [3.05, 3.63) is 36.5 Å². The van der Waals surface area contributed by atoms with Gasteiger partial charge in [0.1, 0.15) is 4.90 Å². The van der Waals surface area contributed by atoms with Crippen LogP contribution >= 0.6 is 0 Å². The normalized spacial score (nSPS) is 11.6. The predicted octanol–water partition coefficient (Wildman–Crippen LogP) is 1.38. The van der Waals surface area contributed by atoms with Gasteiger partial charge in [0, 0.05) is 24.5 Å². The molecule has 0 atom stereocenters. The van der Waals surface area contributed by atoms with Gasteiger partial charge in [-0.25, -0.2) is 13.1 Å². The molecule has 7 heteroatoms. The maximum atomic E-state index is 12.2. The van der Waals surface area contributed by atoms with E-state index in [4.69, 9.17) is 5.11 Å². The number of rotatable bonds is 6. The topological polar surface area (TPSA) is 96.4 Å². The molecule has 2 rings (SSSR count). The number of carboxylic acids is 1. The Bertz CT molecular complexity index is 723. The number of nitrogens with one attached hydrogen (secondary N) is 1. The number of carbonyl (C=O) groups is 1. The molecular formula is C13H14N2O4S. The van der Waals surface area contributed by atoms with E-state index >= 15 is 0 Å². The Labute approximate surface area is 116 Å². The lowest BCUT2D eigenvalue weighted by molar-refractivity contribution is -0.137. The van der Waals surface area contributed by atoms with Crippen molar-refractivity contribution in [3.63, 3.8) is 0 Å². The zero-order chi connectivity index (χ0) is 14.6. The first kappa shape index (κ1) is 14.4. The highest BCUT2D eigenvalue weighted by Crippen LogP contribution is 2.20. The van der Waals surface area contributed by atoms with Crippen molar-refractivity contribution in [1.82, 2.24) is 9.71 Å². The van der Waals surface area contributed by atoms with Crippen LogP contribution in [0.4, 0.5) is 0 Å². The van der Waals surface area contributed by atoms with E-state index in [2.05, 4.69) is 9.71 Å². The van der Waals surface area contributed by atoms with Gasteiger partial charge in [-0.15, -0.1) is 0 Å². The summed E-state index contributed by atoms with van der Waals surface area (Å²) in [7, 11) is -3.69. The molecule has 0 radical (unpaired) electrons. The molecule has 0 amide bonds. The number of pyridine rings is 1. The van der Waals surface area contributed by atoms with Crippen molar-refractivity contribution in [2.24, 2.45) is 0 Å². The Morgan fingerprint density at radius 1 is 1.25 bits per heavy atom. The number of hydrogen-bond acceptors (Lipinski definition) is 4. The van der Waals surface area contributed by atoms with Gasteiger partial charge in [-0.3, -0.25) is 9.78 Å². The second-order valence-electron chi connectivity index (χ2n) is 4.23. The number of aliphatic carboxylic acids is 1. The minimum absolute atomic E-state index is 0.0731. The summed E-state index contributed by atoms with van der Waals surface area (Å²) in [5, 5.41) is 9.25. The van der Waals surface area contributed by atoms with Gasteiger partial charge in [-0.2, -0.15) is 0 Å². The van der Waals surface area contributed by atoms with Gasteiger partial charge in [0.05, 0.1) is 5.52 Å². The summed E-state index contributed by atoms with van der Waals surface area (Å²) in [5.74, 6) is -0.948. The molecule has 0 fully saturated rings. The zero-order valence-electron chi connectivity index (χ0n) is 10.6. The molecule has 1 aromatic carbocycles. The fourth-order valence-electron chi connectivity index (χ4n) is 1.82. The lowest BCUT2D eigenvalue weighted by Crippen LogP contribution is -2.25. The van der Waals surface area contributed by atoms with Gasteiger partial charge in [-0.05, 0) is 18.6 Å². The largest absolute Gasteiger partial charge is 0.481 e. The van der Waals surface area contributed by atoms with Gasteiger partial charge in [0.2, 0.25) is 10.0 Å². The molecule has 0 bridgehead atoms. The first-order valence-electron chi connectivity index (χ1n) is 6.06. The number of sulfonamides is 1. The maximum Gasteiger partial charge on any atom is 0.303 e. The highest BCUT2D eigenvalue weighted by molar-refractivity contribution is 7.89. The van der Waals surface area contributed by atoms with Crippen molar-refractivity contribution in [2.75, 3.05) is 6.54 Å². The standard InChI is InChI=1S/C13H14N2O4S/c16-12(17)7-3-9-15-20(18,19)11-6-1-4-10-5-2-8-14-13(10)11/h1-2,4-6,8,15H,3,7,9H2,(H,16,17). The van der Waals surface area contributed by atoms with Crippen LogP contribution in [0.1, 0.15) is 12.8 Å². The Morgan fingerprint density at radius 2 is 2.00 bits per heavy atom.